The zero-order valence-corrected chi connectivity index (χ0v) is 29.9. The van der Waals surface area contributed by atoms with E-state index in [4.69, 9.17) is 15.0 Å². The number of fused-ring (bicyclic) bond motifs is 3. The first-order chi connectivity index (χ1) is 27.3. The average Bonchev–Trinajstić information content (AvgIpc) is 3.60. The minimum atomic E-state index is 0.566. The van der Waals surface area contributed by atoms with Gasteiger partial charge in [0.2, 0.25) is 5.95 Å². The molecular formula is C51H34N4. The molecule has 10 aromatic rings. The molecule has 0 amide bonds. The maximum atomic E-state index is 5.33. The minimum absolute atomic E-state index is 0.566. The van der Waals surface area contributed by atoms with Crippen LogP contribution >= 0.6 is 0 Å². The van der Waals surface area contributed by atoms with Crippen LogP contribution in [0.5, 0.6) is 0 Å². The Morgan fingerprint density at radius 3 is 1.44 bits per heavy atom. The zero-order valence-electron chi connectivity index (χ0n) is 29.9. The summed E-state index contributed by atoms with van der Waals surface area (Å²) in [6, 6.07) is 72.3. The molecule has 0 unspecified atom stereocenters. The van der Waals surface area contributed by atoms with E-state index in [1.807, 2.05) is 30.3 Å². The molecule has 0 saturated carbocycles. The van der Waals surface area contributed by atoms with Crippen molar-refractivity contribution in [3.8, 4) is 73.2 Å². The molecule has 2 aromatic heterocycles. The summed E-state index contributed by atoms with van der Waals surface area (Å²) < 4.78 is 2.21. The van der Waals surface area contributed by atoms with Crippen LogP contribution in [0.3, 0.4) is 0 Å². The lowest BCUT2D eigenvalue weighted by atomic mass is 9.97. The van der Waals surface area contributed by atoms with Crippen LogP contribution in [0, 0.1) is 0 Å². The molecule has 0 aliphatic carbocycles. The summed E-state index contributed by atoms with van der Waals surface area (Å²) in [5, 5.41) is 2.26. The summed E-state index contributed by atoms with van der Waals surface area (Å²) in [7, 11) is 0. The summed E-state index contributed by atoms with van der Waals surface area (Å²) >= 11 is 0. The normalized spacial score (nSPS) is 11.3. The Kier molecular flexibility index (Phi) is 8.12. The van der Waals surface area contributed by atoms with Crippen molar-refractivity contribution >= 4 is 21.8 Å². The second-order valence-corrected chi connectivity index (χ2v) is 13.7. The molecule has 0 radical (unpaired) electrons. The van der Waals surface area contributed by atoms with E-state index >= 15 is 0 Å². The molecule has 0 N–H and O–H groups in total. The van der Waals surface area contributed by atoms with Gasteiger partial charge in [-0.15, -0.1) is 0 Å². The summed E-state index contributed by atoms with van der Waals surface area (Å²) in [6.07, 6.45) is 0. The standard InChI is InChI=1S/C51H34N4/c1-5-16-35(17-6-1)39-24-15-25-40(32-39)41-29-31-47-46(33-41)44-30-28-42(36-18-7-2-8-19-36)34-48(44)55(47)51-53-49(38-22-11-4-12-23-38)52-50(54-51)45-27-14-13-26-43(45)37-20-9-3-10-21-37/h1-34H. The van der Waals surface area contributed by atoms with Gasteiger partial charge < -0.3 is 0 Å². The molecule has 0 fully saturated rings. The Labute approximate surface area is 319 Å². The lowest BCUT2D eigenvalue weighted by Gasteiger charge is -2.13. The van der Waals surface area contributed by atoms with Crippen molar-refractivity contribution in [1.82, 2.24) is 19.5 Å². The number of hydrogen-bond acceptors (Lipinski definition) is 3. The van der Waals surface area contributed by atoms with Crippen molar-refractivity contribution in [2.75, 3.05) is 0 Å². The van der Waals surface area contributed by atoms with Crippen molar-refractivity contribution in [2.45, 2.75) is 0 Å². The van der Waals surface area contributed by atoms with Gasteiger partial charge in [0.05, 0.1) is 11.0 Å². The topological polar surface area (TPSA) is 43.6 Å². The third-order valence-corrected chi connectivity index (χ3v) is 10.3. The highest BCUT2D eigenvalue weighted by Crippen LogP contribution is 2.38. The Morgan fingerprint density at radius 1 is 0.273 bits per heavy atom. The van der Waals surface area contributed by atoms with E-state index in [2.05, 4.69) is 180 Å². The van der Waals surface area contributed by atoms with E-state index in [0.717, 1.165) is 66.3 Å². The molecular weight excluding hydrogens is 669 g/mol. The highest BCUT2D eigenvalue weighted by molar-refractivity contribution is 6.11. The molecule has 0 aliphatic rings. The van der Waals surface area contributed by atoms with Gasteiger partial charge in [-0.2, -0.15) is 9.97 Å². The third kappa shape index (κ3) is 6.06. The summed E-state index contributed by atoms with van der Waals surface area (Å²) in [4.78, 5) is 15.7. The largest absolute Gasteiger partial charge is 0.278 e. The first-order valence-corrected chi connectivity index (χ1v) is 18.5. The third-order valence-electron chi connectivity index (χ3n) is 10.3. The number of nitrogens with zero attached hydrogens (tertiary/aromatic N) is 4. The first kappa shape index (κ1) is 32.2. The molecule has 0 spiro atoms. The summed E-state index contributed by atoms with van der Waals surface area (Å²) in [5.74, 6) is 1.80. The molecule has 4 heteroatoms. The predicted octanol–water partition coefficient (Wildman–Crippen LogP) is 13.0. The number of hydrogen-bond donors (Lipinski definition) is 0. The minimum Gasteiger partial charge on any atom is -0.278 e. The van der Waals surface area contributed by atoms with E-state index in [1.54, 1.807) is 0 Å². The van der Waals surface area contributed by atoms with Crippen molar-refractivity contribution in [1.29, 1.82) is 0 Å². The molecule has 0 saturated heterocycles. The second kappa shape index (κ2) is 13.8. The Balaban J connectivity index is 1.23. The molecule has 0 aliphatic heterocycles. The Bertz CT molecular complexity index is 2950. The van der Waals surface area contributed by atoms with Crippen molar-refractivity contribution < 1.29 is 0 Å². The SMILES string of the molecule is c1ccc(-c2cccc(-c3ccc4c(c3)c3ccc(-c5ccccc5)cc3n4-c3nc(-c4ccccc4)nc(-c4ccccc4-c4ccccc4)n3)c2)cc1. The van der Waals surface area contributed by atoms with Crippen LogP contribution in [-0.4, -0.2) is 19.5 Å². The van der Waals surface area contributed by atoms with Crippen LogP contribution in [-0.2, 0) is 0 Å². The van der Waals surface area contributed by atoms with E-state index in [1.165, 1.54) is 11.1 Å². The smallest absolute Gasteiger partial charge is 0.238 e. The van der Waals surface area contributed by atoms with E-state index in [0.29, 0.717) is 17.6 Å². The maximum Gasteiger partial charge on any atom is 0.238 e. The molecule has 4 nitrogen and oxygen atoms in total. The highest BCUT2D eigenvalue weighted by Gasteiger charge is 2.20. The summed E-state index contributed by atoms with van der Waals surface area (Å²) in [6.45, 7) is 0. The van der Waals surface area contributed by atoms with Gasteiger partial charge in [0.15, 0.2) is 11.6 Å². The van der Waals surface area contributed by atoms with Crippen LogP contribution < -0.4 is 0 Å². The van der Waals surface area contributed by atoms with E-state index in [9.17, 15) is 0 Å². The van der Waals surface area contributed by atoms with Crippen LogP contribution in [0.25, 0.3) is 95.0 Å². The zero-order chi connectivity index (χ0) is 36.6. The first-order valence-electron chi connectivity index (χ1n) is 18.5. The molecule has 0 bridgehead atoms. The van der Waals surface area contributed by atoms with Gasteiger partial charge in [0, 0.05) is 21.9 Å². The molecule has 0 atom stereocenters. The fourth-order valence-corrected chi connectivity index (χ4v) is 7.58. The van der Waals surface area contributed by atoms with E-state index in [-0.39, 0.29) is 0 Å². The van der Waals surface area contributed by atoms with E-state index < -0.39 is 0 Å². The van der Waals surface area contributed by atoms with Gasteiger partial charge in [-0.1, -0.05) is 182 Å². The number of aromatic nitrogens is 4. The maximum absolute atomic E-state index is 5.33. The predicted molar refractivity (Wildman–Crippen MR) is 227 cm³/mol. The monoisotopic (exact) mass is 702 g/mol. The highest BCUT2D eigenvalue weighted by atomic mass is 15.2. The number of rotatable bonds is 7. The fraction of sp³-hybridized carbons (Fsp3) is 0. The lowest BCUT2D eigenvalue weighted by Crippen LogP contribution is -2.07. The van der Waals surface area contributed by atoms with Crippen molar-refractivity contribution in [3.05, 3.63) is 206 Å². The van der Waals surface area contributed by atoms with Crippen LogP contribution in [0.15, 0.2) is 206 Å². The fourth-order valence-electron chi connectivity index (χ4n) is 7.58. The molecule has 8 aromatic carbocycles. The Morgan fingerprint density at radius 2 is 0.764 bits per heavy atom. The second-order valence-electron chi connectivity index (χ2n) is 13.7. The van der Waals surface area contributed by atoms with Gasteiger partial charge in [-0.25, -0.2) is 4.98 Å². The van der Waals surface area contributed by atoms with Crippen LogP contribution in [0.4, 0.5) is 0 Å². The van der Waals surface area contributed by atoms with Crippen LogP contribution in [0.1, 0.15) is 0 Å². The van der Waals surface area contributed by atoms with Gasteiger partial charge in [0.25, 0.3) is 0 Å². The van der Waals surface area contributed by atoms with Crippen molar-refractivity contribution in [2.24, 2.45) is 0 Å². The van der Waals surface area contributed by atoms with Gasteiger partial charge in [0.1, 0.15) is 0 Å². The number of benzene rings is 8. The molecule has 258 valence electrons. The Hall–Kier alpha value is -7.43. The average molecular weight is 703 g/mol. The summed E-state index contributed by atoms with van der Waals surface area (Å²) in [5.41, 5.74) is 13.1. The van der Waals surface area contributed by atoms with Crippen LogP contribution in [0.2, 0.25) is 0 Å². The van der Waals surface area contributed by atoms with Gasteiger partial charge in [-0.05, 0) is 68.8 Å². The lowest BCUT2D eigenvalue weighted by molar-refractivity contribution is 0.954. The van der Waals surface area contributed by atoms with Gasteiger partial charge in [-0.3, -0.25) is 4.57 Å². The quantitative estimate of drug-likeness (QED) is 0.166. The van der Waals surface area contributed by atoms with Crippen molar-refractivity contribution in [3.63, 3.8) is 0 Å². The molecule has 2 heterocycles. The molecule has 10 rings (SSSR count). The van der Waals surface area contributed by atoms with Gasteiger partial charge >= 0.3 is 0 Å². The molecule has 55 heavy (non-hydrogen) atoms.